The standard InChI is InChI=1S/C27H18ClN5O3S/c28-21-12-17(11-18-14-29-33-23(18)21)25-24(16-7-3-1-4-8-16)31-26-22(30-25)13-19(27(34)32-26)15-37(35,36)20-9-5-2-6-10-20/h1-14H,15H2,(H,29,33)(H,31,32,34). The van der Waals surface area contributed by atoms with Gasteiger partial charge in [-0.15, -0.1) is 0 Å². The van der Waals surface area contributed by atoms with Crippen molar-refractivity contribution in [2.45, 2.75) is 10.6 Å². The lowest BCUT2D eigenvalue weighted by molar-refractivity contribution is 0.595. The summed E-state index contributed by atoms with van der Waals surface area (Å²) in [7, 11) is -3.74. The van der Waals surface area contributed by atoms with Crippen LogP contribution in [0.1, 0.15) is 5.56 Å². The first-order valence-electron chi connectivity index (χ1n) is 11.3. The first-order valence-corrected chi connectivity index (χ1v) is 13.3. The van der Waals surface area contributed by atoms with Crippen LogP contribution >= 0.6 is 11.6 Å². The van der Waals surface area contributed by atoms with Gasteiger partial charge < -0.3 is 4.98 Å². The van der Waals surface area contributed by atoms with Gasteiger partial charge in [0.1, 0.15) is 5.52 Å². The quantitative estimate of drug-likeness (QED) is 0.319. The van der Waals surface area contributed by atoms with Crippen molar-refractivity contribution in [1.82, 2.24) is 25.1 Å². The summed E-state index contributed by atoms with van der Waals surface area (Å²) in [5.74, 6) is -0.466. The summed E-state index contributed by atoms with van der Waals surface area (Å²) in [5, 5.41) is 8.22. The highest BCUT2D eigenvalue weighted by Gasteiger charge is 2.20. The molecule has 37 heavy (non-hydrogen) atoms. The second-order valence-electron chi connectivity index (χ2n) is 8.51. The summed E-state index contributed by atoms with van der Waals surface area (Å²) in [6.45, 7) is 0. The second-order valence-corrected chi connectivity index (χ2v) is 10.9. The van der Waals surface area contributed by atoms with Gasteiger partial charge in [-0.05, 0) is 30.3 Å². The molecule has 182 valence electrons. The summed E-state index contributed by atoms with van der Waals surface area (Å²) >= 11 is 6.51. The largest absolute Gasteiger partial charge is 0.305 e. The van der Waals surface area contributed by atoms with Crippen molar-refractivity contribution in [3.8, 4) is 22.5 Å². The summed E-state index contributed by atoms with van der Waals surface area (Å²) < 4.78 is 25.9. The number of nitrogens with zero attached hydrogens (tertiary/aromatic N) is 3. The maximum atomic E-state index is 12.9. The molecule has 6 rings (SSSR count). The molecule has 0 fully saturated rings. The summed E-state index contributed by atoms with van der Waals surface area (Å²) in [6, 6.07) is 22.7. The zero-order valence-electron chi connectivity index (χ0n) is 19.1. The molecule has 0 radical (unpaired) electrons. The predicted octanol–water partition coefficient (Wildman–Crippen LogP) is 5.16. The van der Waals surface area contributed by atoms with E-state index in [1.54, 1.807) is 30.5 Å². The summed E-state index contributed by atoms with van der Waals surface area (Å²) in [6.07, 6.45) is 1.67. The molecular weight excluding hydrogens is 510 g/mol. The van der Waals surface area contributed by atoms with Gasteiger partial charge in [-0.2, -0.15) is 5.10 Å². The molecule has 0 aliphatic heterocycles. The molecule has 0 aliphatic rings. The van der Waals surface area contributed by atoms with E-state index in [-0.39, 0.29) is 16.1 Å². The molecular formula is C27H18ClN5O3S. The van der Waals surface area contributed by atoms with Crippen molar-refractivity contribution in [1.29, 1.82) is 0 Å². The zero-order chi connectivity index (χ0) is 25.6. The van der Waals surface area contributed by atoms with Crippen LogP contribution in [0.4, 0.5) is 0 Å². The van der Waals surface area contributed by atoms with Crippen LogP contribution in [0.2, 0.25) is 5.02 Å². The predicted molar refractivity (Wildman–Crippen MR) is 143 cm³/mol. The lowest BCUT2D eigenvalue weighted by Gasteiger charge is -2.12. The van der Waals surface area contributed by atoms with Crippen LogP contribution in [0, 0.1) is 0 Å². The topological polar surface area (TPSA) is 121 Å². The number of aromatic amines is 2. The Morgan fingerprint density at radius 3 is 2.30 bits per heavy atom. The van der Waals surface area contributed by atoms with Crippen LogP contribution in [0.15, 0.2) is 94.7 Å². The first-order chi connectivity index (χ1) is 17.9. The van der Waals surface area contributed by atoms with Crippen molar-refractivity contribution < 1.29 is 8.42 Å². The van der Waals surface area contributed by atoms with Crippen molar-refractivity contribution in [2.75, 3.05) is 0 Å². The van der Waals surface area contributed by atoms with Gasteiger partial charge in [0.25, 0.3) is 5.56 Å². The van der Waals surface area contributed by atoms with E-state index < -0.39 is 21.1 Å². The van der Waals surface area contributed by atoms with E-state index in [1.807, 2.05) is 36.4 Å². The van der Waals surface area contributed by atoms with Crippen LogP contribution in [-0.4, -0.2) is 33.6 Å². The Balaban J connectivity index is 1.55. The molecule has 0 amide bonds. The van der Waals surface area contributed by atoms with Crippen LogP contribution in [0.25, 0.3) is 44.6 Å². The molecule has 2 N–H and O–H groups in total. The third-order valence-electron chi connectivity index (χ3n) is 6.03. The fraction of sp³-hybridized carbons (Fsp3) is 0.0370. The van der Waals surface area contributed by atoms with E-state index in [4.69, 9.17) is 21.6 Å². The minimum absolute atomic E-state index is 0.0763. The third kappa shape index (κ3) is 4.28. The minimum atomic E-state index is -3.74. The molecule has 0 saturated heterocycles. The average molecular weight is 528 g/mol. The maximum absolute atomic E-state index is 12.9. The number of hydrogen-bond acceptors (Lipinski definition) is 6. The maximum Gasteiger partial charge on any atom is 0.253 e. The van der Waals surface area contributed by atoms with Crippen LogP contribution in [-0.2, 0) is 15.6 Å². The zero-order valence-corrected chi connectivity index (χ0v) is 20.7. The van der Waals surface area contributed by atoms with Gasteiger partial charge in [-0.3, -0.25) is 9.89 Å². The van der Waals surface area contributed by atoms with Gasteiger partial charge in [0.05, 0.1) is 38.8 Å². The van der Waals surface area contributed by atoms with E-state index in [0.29, 0.717) is 33.0 Å². The second kappa shape index (κ2) is 8.95. The Bertz CT molecular complexity index is 1950. The molecule has 8 nitrogen and oxygen atoms in total. The Labute approximate surface area is 215 Å². The average Bonchev–Trinajstić information content (AvgIpc) is 3.39. The molecule has 10 heteroatoms. The van der Waals surface area contributed by atoms with Gasteiger partial charge >= 0.3 is 0 Å². The van der Waals surface area contributed by atoms with Gasteiger partial charge in [0.15, 0.2) is 15.5 Å². The van der Waals surface area contributed by atoms with Gasteiger partial charge in [0.2, 0.25) is 0 Å². The molecule has 0 unspecified atom stereocenters. The van der Waals surface area contributed by atoms with Crippen LogP contribution in [0.3, 0.4) is 0 Å². The number of hydrogen-bond donors (Lipinski definition) is 2. The van der Waals surface area contributed by atoms with Crippen molar-refractivity contribution in [3.63, 3.8) is 0 Å². The Morgan fingerprint density at radius 2 is 1.54 bits per heavy atom. The number of pyridine rings is 1. The van der Waals surface area contributed by atoms with Gasteiger partial charge in [0, 0.05) is 22.1 Å². The molecule has 0 saturated carbocycles. The highest BCUT2D eigenvalue weighted by molar-refractivity contribution is 7.90. The Hall–Kier alpha value is -4.34. The highest BCUT2D eigenvalue weighted by Crippen LogP contribution is 2.34. The van der Waals surface area contributed by atoms with E-state index in [0.717, 1.165) is 10.9 Å². The van der Waals surface area contributed by atoms with E-state index in [2.05, 4.69) is 15.2 Å². The van der Waals surface area contributed by atoms with Crippen molar-refractivity contribution in [2.24, 2.45) is 0 Å². The SMILES string of the molecule is O=c1[nH]c2nc(-c3ccccc3)c(-c3cc(Cl)c4[nH]ncc4c3)nc2cc1CS(=O)(=O)c1ccccc1. The normalized spacial score (nSPS) is 11.8. The molecule has 0 bridgehead atoms. The lowest BCUT2D eigenvalue weighted by Crippen LogP contribution is -2.17. The molecule has 3 aromatic heterocycles. The molecule has 0 atom stereocenters. The van der Waals surface area contributed by atoms with Gasteiger partial charge in [-0.25, -0.2) is 18.4 Å². The number of H-pyrrole nitrogens is 2. The van der Waals surface area contributed by atoms with Crippen molar-refractivity contribution in [3.05, 3.63) is 106 Å². The Morgan fingerprint density at radius 1 is 0.838 bits per heavy atom. The number of benzene rings is 3. The lowest BCUT2D eigenvalue weighted by atomic mass is 10.0. The monoisotopic (exact) mass is 527 g/mol. The number of fused-ring (bicyclic) bond motifs is 2. The fourth-order valence-corrected chi connectivity index (χ4v) is 5.86. The summed E-state index contributed by atoms with van der Waals surface area (Å²) in [4.78, 5) is 25.3. The highest BCUT2D eigenvalue weighted by atomic mass is 35.5. The van der Waals surface area contributed by atoms with E-state index >= 15 is 0 Å². The Kier molecular flexibility index (Phi) is 5.58. The molecule has 0 spiro atoms. The van der Waals surface area contributed by atoms with Crippen LogP contribution < -0.4 is 5.56 Å². The number of sulfone groups is 1. The molecule has 0 aliphatic carbocycles. The number of nitrogens with one attached hydrogen (secondary N) is 2. The number of halogens is 1. The first kappa shape index (κ1) is 23.1. The molecule has 3 heterocycles. The van der Waals surface area contributed by atoms with E-state index in [9.17, 15) is 13.2 Å². The fourth-order valence-electron chi connectivity index (χ4n) is 4.23. The summed E-state index contributed by atoms with van der Waals surface area (Å²) in [5.41, 5.74) is 3.45. The molecule has 3 aromatic carbocycles. The number of aromatic nitrogens is 5. The third-order valence-corrected chi connectivity index (χ3v) is 8.01. The van der Waals surface area contributed by atoms with Gasteiger partial charge in [-0.1, -0.05) is 60.1 Å². The minimum Gasteiger partial charge on any atom is -0.305 e. The number of rotatable bonds is 5. The van der Waals surface area contributed by atoms with E-state index in [1.165, 1.54) is 18.2 Å². The molecule has 6 aromatic rings. The van der Waals surface area contributed by atoms with Crippen LogP contribution in [0.5, 0.6) is 0 Å². The smallest absolute Gasteiger partial charge is 0.253 e. The van der Waals surface area contributed by atoms with Crippen molar-refractivity contribution >= 4 is 43.5 Å².